The monoisotopic (exact) mass is 447 g/mol. The molecule has 2 bridgehead atoms. The zero-order valence-corrected chi connectivity index (χ0v) is 18.7. The molecule has 0 aliphatic carbocycles. The van der Waals surface area contributed by atoms with Gasteiger partial charge in [-0.05, 0) is 43.2 Å². The van der Waals surface area contributed by atoms with Crippen molar-refractivity contribution in [3.63, 3.8) is 0 Å². The van der Waals surface area contributed by atoms with Crippen molar-refractivity contribution in [2.45, 2.75) is 51.2 Å². The Morgan fingerprint density at radius 2 is 1.93 bits per heavy atom. The fourth-order valence-electron chi connectivity index (χ4n) is 4.67. The van der Waals surface area contributed by atoms with Crippen molar-refractivity contribution >= 4 is 46.1 Å². The molecule has 0 radical (unpaired) electrons. The first-order chi connectivity index (χ1) is 14.4. The molecule has 160 valence electrons. The molecule has 2 aromatic rings. The van der Waals surface area contributed by atoms with Gasteiger partial charge in [-0.1, -0.05) is 17.7 Å². The van der Waals surface area contributed by atoms with Crippen molar-refractivity contribution < 1.29 is 14.3 Å². The molecule has 2 amide bonds. The summed E-state index contributed by atoms with van der Waals surface area (Å²) in [6, 6.07) is 8.45. The topological polar surface area (TPSA) is 70.7 Å². The van der Waals surface area contributed by atoms with Crippen LogP contribution in [0, 0.1) is 5.92 Å². The van der Waals surface area contributed by atoms with Crippen LogP contribution < -0.4 is 15.4 Å². The van der Waals surface area contributed by atoms with E-state index in [0.29, 0.717) is 34.2 Å². The maximum Gasteiger partial charge on any atom is 0.227 e. The Morgan fingerprint density at radius 1 is 1.20 bits per heavy atom. The molecule has 6 nitrogen and oxygen atoms in total. The number of hydrogen-bond acceptors (Lipinski definition) is 5. The largest absolute Gasteiger partial charge is 0.494 e. The predicted molar refractivity (Wildman–Crippen MR) is 120 cm³/mol. The first kappa shape index (κ1) is 21.2. The number of fused-ring (bicyclic) bond motifs is 2. The predicted octanol–water partition coefficient (Wildman–Crippen LogP) is 4.75. The van der Waals surface area contributed by atoms with E-state index in [1.807, 2.05) is 0 Å². The Labute approximate surface area is 185 Å². The summed E-state index contributed by atoms with van der Waals surface area (Å²) in [7, 11) is 1.53. The molecule has 2 saturated heterocycles. The Kier molecular flexibility index (Phi) is 6.32. The summed E-state index contributed by atoms with van der Waals surface area (Å²) in [5.74, 6) is 0.222. The van der Waals surface area contributed by atoms with Gasteiger partial charge in [0.25, 0.3) is 0 Å². The van der Waals surface area contributed by atoms with Gasteiger partial charge in [0.1, 0.15) is 5.75 Å². The van der Waals surface area contributed by atoms with Crippen LogP contribution in [-0.4, -0.2) is 35.9 Å². The number of anilines is 2. The van der Waals surface area contributed by atoms with Gasteiger partial charge in [-0.25, -0.2) is 0 Å². The second-order valence-corrected chi connectivity index (χ2v) is 9.45. The third-order valence-corrected chi connectivity index (χ3v) is 7.21. The van der Waals surface area contributed by atoms with Gasteiger partial charge in [-0.2, -0.15) is 0 Å². The molecule has 2 unspecified atom stereocenters. The van der Waals surface area contributed by atoms with Crippen molar-refractivity contribution in [3.8, 4) is 5.75 Å². The third kappa shape index (κ3) is 4.48. The SMILES string of the molecule is COc1cc(NC(C)=O)c(Cl)cc1NC(=O)C1CC2CCC(C1)N2Cc1cccs1. The van der Waals surface area contributed by atoms with Crippen LogP contribution in [0.4, 0.5) is 11.4 Å². The Morgan fingerprint density at radius 3 is 2.53 bits per heavy atom. The average Bonchev–Trinajstić information content (AvgIpc) is 3.29. The molecule has 2 atom stereocenters. The highest BCUT2D eigenvalue weighted by Crippen LogP contribution is 2.41. The van der Waals surface area contributed by atoms with Gasteiger partial charge >= 0.3 is 0 Å². The molecular formula is C22H26ClN3O3S. The van der Waals surface area contributed by atoms with Crippen molar-refractivity contribution in [2.24, 2.45) is 5.92 Å². The minimum absolute atomic E-state index is 0.00400. The van der Waals surface area contributed by atoms with Crippen LogP contribution in [0.25, 0.3) is 0 Å². The lowest BCUT2D eigenvalue weighted by Crippen LogP contribution is -2.45. The average molecular weight is 448 g/mol. The van der Waals surface area contributed by atoms with Crippen LogP contribution in [0.2, 0.25) is 5.02 Å². The molecule has 0 spiro atoms. The van der Waals surface area contributed by atoms with E-state index < -0.39 is 0 Å². The summed E-state index contributed by atoms with van der Waals surface area (Å²) in [5, 5.41) is 8.14. The van der Waals surface area contributed by atoms with Gasteiger partial charge in [0.05, 0.1) is 23.5 Å². The lowest BCUT2D eigenvalue weighted by Gasteiger charge is -2.38. The fourth-order valence-corrected chi connectivity index (χ4v) is 5.59. The molecule has 2 aliphatic heterocycles. The zero-order chi connectivity index (χ0) is 21.3. The number of nitrogens with one attached hydrogen (secondary N) is 2. The Bertz CT molecular complexity index is 920. The number of methoxy groups -OCH3 is 1. The van der Waals surface area contributed by atoms with Crippen molar-refractivity contribution in [1.29, 1.82) is 0 Å². The molecule has 2 N–H and O–H groups in total. The van der Waals surface area contributed by atoms with E-state index in [0.717, 1.165) is 32.2 Å². The van der Waals surface area contributed by atoms with E-state index in [4.69, 9.17) is 16.3 Å². The van der Waals surface area contributed by atoms with Crippen LogP contribution in [0.5, 0.6) is 5.75 Å². The second-order valence-electron chi connectivity index (χ2n) is 8.01. The van der Waals surface area contributed by atoms with E-state index in [9.17, 15) is 9.59 Å². The Balaban J connectivity index is 1.44. The first-order valence-electron chi connectivity index (χ1n) is 10.2. The van der Waals surface area contributed by atoms with Crippen LogP contribution in [-0.2, 0) is 16.1 Å². The van der Waals surface area contributed by atoms with Gasteiger partial charge in [-0.3, -0.25) is 14.5 Å². The smallest absolute Gasteiger partial charge is 0.227 e. The van der Waals surface area contributed by atoms with Crippen LogP contribution in [0.3, 0.4) is 0 Å². The van der Waals surface area contributed by atoms with E-state index in [1.165, 1.54) is 18.9 Å². The number of nitrogens with zero attached hydrogens (tertiary/aromatic N) is 1. The van der Waals surface area contributed by atoms with Crippen LogP contribution in [0.15, 0.2) is 29.6 Å². The van der Waals surface area contributed by atoms with E-state index in [-0.39, 0.29) is 17.7 Å². The van der Waals surface area contributed by atoms with Crippen molar-refractivity contribution in [2.75, 3.05) is 17.7 Å². The molecule has 8 heteroatoms. The standard InChI is InChI=1S/C22H26ClN3O3S/c1-13(27)24-19-11-21(29-2)20(10-18(19)23)25-22(28)14-8-15-5-6-16(9-14)26(15)12-17-4-3-7-30-17/h3-4,7,10-11,14-16H,5-6,8-9,12H2,1-2H3,(H,24,27)(H,25,28). The number of amides is 2. The lowest BCUT2D eigenvalue weighted by molar-refractivity contribution is -0.122. The number of halogens is 1. The number of thiophene rings is 1. The summed E-state index contributed by atoms with van der Waals surface area (Å²) >= 11 is 8.08. The summed E-state index contributed by atoms with van der Waals surface area (Å²) in [6.07, 6.45) is 4.04. The molecule has 3 heterocycles. The maximum atomic E-state index is 13.1. The van der Waals surface area contributed by atoms with Crippen LogP contribution in [0.1, 0.15) is 37.5 Å². The number of hydrogen-bond donors (Lipinski definition) is 2. The van der Waals surface area contributed by atoms with Crippen molar-refractivity contribution in [1.82, 2.24) is 4.90 Å². The number of carbonyl (C=O) groups is 2. The highest BCUT2D eigenvalue weighted by atomic mass is 35.5. The quantitative estimate of drug-likeness (QED) is 0.670. The van der Waals surface area contributed by atoms with Gasteiger partial charge in [-0.15, -0.1) is 11.3 Å². The molecule has 2 aliphatic rings. The van der Waals surface area contributed by atoms with Gasteiger partial charge in [0, 0.05) is 42.4 Å². The zero-order valence-electron chi connectivity index (χ0n) is 17.1. The number of carbonyl (C=O) groups excluding carboxylic acids is 2. The number of rotatable bonds is 6. The van der Waals surface area contributed by atoms with Gasteiger partial charge in [0.2, 0.25) is 11.8 Å². The maximum absolute atomic E-state index is 13.1. The molecule has 4 rings (SSSR count). The normalized spacial score (nSPS) is 23.2. The summed E-state index contributed by atoms with van der Waals surface area (Å²) < 4.78 is 5.41. The third-order valence-electron chi connectivity index (χ3n) is 6.03. The number of benzene rings is 1. The van der Waals surface area contributed by atoms with E-state index in [1.54, 1.807) is 23.5 Å². The highest BCUT2D eigenvalue weighted by molar-refractivity contribution is 7.09. The van der Waals surface area contributed by atoms with Gasteiger partial charge < -0.3 is 15.4 Å². The van der Waals surface area contributed by atoms with Crippen molar-refractivity contribution in [3.05, 3.63) is 39.5 Å². The van der Waals surface area contributed by atoms with Gasteiger partial charge in [0.15, 0.2) is 0 Å². The molecule has 30 heavy (non-hydrogen) atoms. The number of piperidine rings is 1. The molecule has 1 aromatic heterocycles. The molecule has 2 fully saturated rings. The first-order valence-corrected chi connectivity index (χ1v) is 11.4. The summed E-state index contributed by atoms with van der Waals surface area (Å²) in [6.45, 7) is 2.40. The number of ether oxygens (including phenoxy) is 1. The van der Waals surface area contributed by atoms with E-state index >= 15 is 0 Å². The summed E-state index contributed by atoms with van der Waals surface area (Å²) in [4.78, 5) is 28.4. The fraction of sp³-hybridized carbons (Fsp3) is 0.455. The highest BCUT2D eigenvalue weighted by Gasteiger charge is 2.42. The Hall–Kier alpha value is -2.09. The lowest BCUT2D eigenvalue weighted by atomic mass is 9.89. The second kappa shape index (κ2) is 8.96. The molecule has 1 aromatic carbocycles. The summed E-state index contributed by atoms with van der Waals surface area (Å²) in [5.41, 5.74) is 0.980. The minimum atomic E-state index is -0.222. The molecular weight excluding hydrogens is 422 g/mol. The molecule has 0 saturated carbocycles. The minimum Gasteiger partial charge on any atom is -0.494 e. The van der Waals surface area contributed by atoms with Crippen LogP contribution >= 0.6 is 22.9 Å². The van der Waals surface area contributed by atoms with E-state index in [2.05, 4.69) is 33.0 Å².